The van der Waals surface area contributed by atoms with Crippen molar-refractivity contribution in [2.45, 2.75) is 16.8 Å². The number of para-hydroxylation sites is 1. The van der Waals surface area contributed by atoms with Crippen LogP contribution in [0, 0.1) is 6.92 Å². The summed E-state index contributed by atoms with van der Waals surface area (Å²) in [6, 6.07) is 12.8. The van der Waals surface area contributed by atoms with E-state index in [0.717, 1.165) is 32.4 Å². The van der Waals surface area contributed by atoms with Gasteiger partial charge in [0.1, 0.15) is 10.8 Å². The minimum atomic E-state index is 0.235. The van der Waals surface area contributed by atoms with Crippen LogP contribution in [0.25, 0.3) is 11.3 Å². The quantitative estimate of drug-likeness (QED) is 0.718. The lowest BCUT2D eigenvalue weighted by Crippen LogP contribution is -1.93. The molecule has 0 radical (unpaired) electrons. The lowest BCUT2D eigenvalue weighted by atomic mass is 10.1. The van der Waals surface area contributed by atoms with Crippen molar-refractivity contribution < 1.29 is 5.11 Å². The molecule has 1 aromatic heterocycles. The fourth-order valence-corrected chi connectivity index (χ4v) is 2.86. The molecular formula is C17H15N3OS. The van der Waals surface area contributed by atoms with Gasteiger partial charge in [-0.25, -0.2) is 4.98 Å². The van der Waals surface area contributed by atoms with Crippen molar-refractivity contribution in [1.82, 2.24) is 9.97 Å². The van der Waals surface area contributed by atoms with Crippen LogP contribution in [-0.4, -0.2) is 15.1 Å². The largest absolute Gasteiger partial charge is 0.508 e. The van der Waals surface area contributed by atoms with E-state index in [2.05, 4.69) is 9.97 Å². The van der Waals surface area contributed by atoms with E-state index in [-0.39, 0.29) is 5.75 Å². The number of anilines is 1. The predicted octanol–water partition coefficient (Wildman–Crippen LogP) is 3.89. The average Bonchev–Trinajstić information content (AvgIpc) is 2.53. The van der Waals surface area contributed by atoms with Crippen LogP contribution in [0.1, 0.15) is 5.56 Å². The Kier molecular flexibility index (Phi) is 3.98. The molecule has 0 atom stereocenters. The lowest BCUT2D eigenvalue weighted by molar-refractivity contribution is 0.475. The van der Waals surface area contributed by atoms with Gasteiger partial charge in [0.25, 0.3) is 0 Å². The first-order chi connectivity index (χ1) is 10.6. The summed E-state index contributed by atoms with van der Waals surface area (Å²) in [5, 5.41) is 10.1. The number of hydrogen-bond donors (Lipinski definition) is 2. The highest BCUT2D eigenvalue weighted by atomic mass is 32.2. The molecular weight excluding hydrogens is 294 g/mol. The summed E-state index contributed by atoms with van der Waals surface area (Å²) in [7, 11) is 0. The molecule has 3 rings (SSSR count). The zero-order valence-electron chi connectivity index (χ0n) is 12.0. The van der Waals surface area contributed by atoms with E-state index in [1.165, 1.54) is 11.8 Å². The zero-order valence-corrected chi connectivity index (χ0v) is 12.8. The molecule has 0 saturated heterocycles. The van der Waals surface area contributed by atoms with Crippen molar-refractivity contribution in [3.63, 3.8) is 0 Å². The summed E-state index contributed by atoms with van der Waals surface area (Å²) >= 11 is 1.50. The Bertz CT molecular complexity index is 786. The van der Waals surface area contributed by atoms with Gasteiger partial charge in [-0.2, -0.15) is 0 Å². The van der Waals surface area contributed by atoms with Crippen LogP contribution in [0.15, 0.2) is 64.8 Å². The number of phenols is 1. The summed E-state index contributed by atoms with van der Waals surface area (Å²) in [5.74, 6) is 0.235. The van der Waals surface area contributed by atoms with Gasteiger partial charge in [-0.1, -0.05) is 23.9 Å². The summed E-state index contributed by atoms with van der Waals surface area (Å²) in [6.45, 7) is 1.99. The number of aryl methyl sites for hydroxylation is 1. The number of phenolic OH excluding ortho intramolecular Hbond substituents is 1. The van der Waals surface area contributed by atoms with Crippen LogP contribution in [-0.2, 0) is 0 Å². The fraction of sp³-hybridized carbons (Fsp3) is 0.0588. The van der Waals surface area contributed by atoms with Crippen molar-refractivity contribution in [2.75, 3.05) is 5.73 Å². The van der Waals surface area contributed by atoms with Crippen LogP contribution < -0.4 is 5.73 Å². The van der Waals surface area contributed by atoms with Crippen molar-refractivity contribution in [1.29, 1.82) is 0 Å². The van der Waals surface area contributed by atoms with Crippen LogP contribution >= 0.6 is 11.8 Å². The fourth-order valence-electron chi connectivity index (χ4n) is 2.01. The molecule has 0 aliphatic carbocycles. The molecule has 0 aliphatic rings. The summed E-state index contributed by atoms with van der Waals surface area (Å²) in [6.07, 6.45) is 3.45. The number of aromatic nitrogens is 2. The van der Waals surface area contributed by atoms with Gasteiger partial charge in [-0.15, -0.1) is 0 Å². The maximum absolute atomic E-state index is 9.31. The third kappa shape index (κ3) is 3.04. The Morgan fingerprint density at radius 3 is 2.45 bits per heavy atom. The molecule has 0 fully saturated rings. The maximum Gasteiger partial charge on any atom is 0.119 e. The minimum Gasteiger partial charge on any atom is -0.508 e. The molecule has 22 heavy (non-hydrogen) atoms. The van der Waals surface area contributed by atoms with Crippen LogP contribution in [0.4, 0.5) is 5.69 Å². The molecule has 3 N–H and O–H groups in total. The first-order valence-electron chi connectivity index (χ1n) is 6.78. The van der Waals surface area contributed by atoms with Crippen molar-refractivity contribution in [3.8, 4) is 17.0 Å². The van der Waals surface area contributed by atoms with Gasteiger partial charge in [-0.05, 0) is 42.8 Å². The average molecular weight is 309 g/mol. The third-order valence-corrected chi connectivity index (χ3v) is 4.29. The van der Waals surface area contributed by atoms with Gasteiger partial charge >= 0.3 is 0 Å². The molecule has 0 unspecified atom stereocenters. The SMILES string of the molecule is Cc1cccc(Sc2cnc(-c3ccc(O)cc3)cn2)c1N. The van der Waals surface area contributed by atoms with Gasteiger partial charge in [0, 0.05) is 16.1 Å². The number of rotatable bonds is 3. The number of nitrogens with zero attached hydrogens (tertiary/aromatic N) is 2. The number of aromatic hydroxyl groups is 1. The minimum absolute atomic E-state index is 0.235. The van der Waals surface area contributed by atoms with E-state index in [9.17, 15) is 5.11 Å². The normalized spacial score (nSPS) is 10.6. The van der Waals surface area contributed by atoms with E-state index in [0.29, 0.717) is 0 Å². The van der Waals surface area contributed by atoms with Gasteiger partial charge in [0.05, 0.1) is 18.1 Å². The van der Waals surface area contributed by atoms with Gasteiger partial charge in [-0.3, -0.25) is 4.98 Å². The number of nitrogen functional groups attached to an aromatic ring is 1. The smallest absolute Gasteiger partial charge is 0.119 e. The van der Waals surface area contributed by atoms with E-state index in [4.69, 9.17) is 5.73 Å². The Labute approximate surface area is 133 Å². The molecule has 0 saturated carbocycles. The van der Waals surface area contributed by atoms with Crippen molar-refractivity contribution in [3.05, 3.63) is 60.4 Å². The summed E-state index contributed by atoms with van der Waals surface area (Å²) in [4.78, 5) is 9.83. The predicted molar refractivity (Wildman–Crippen MR) is 88.8 cm³/mol. The zero-order chi connectivity index (χ0) is 15.5. The van der Waals surface area contributed by atoms with Crippen molar-refractivity contribution >= 4 is 17.4 Å². The Hall–Kier alpha value is -2.53. The molecule has 110 valence electrons. The third-order valence-electron chi connectivity index (χ3n) is 3.29. The second-order valence-electron chi connectivity index (χ2n) is 4.88. The molecule has 4 nitrogen and oxygen atoms in total. The van der Waals surface area contributed by atoms with Gasteiger partial charge in [0.2, 0.25) is 0 Å². The molecule has 0 bridgehead atoms. The molecule has 5 heteroatoms. The molecule has 1 heterocycles. The van der Waals surface area contributed by atoms with Crippen LogP contribution in [0.5, 0.6) is 5.75 Å². The second kappa shape index (κ2) is 6.07. The van der Waals surface area contributed by atoms with E-state index in [1.807, 2.05) is 37.3 Å². The maximum atomic E-state index is 9.31. The molecule has 3 aromatic rings. The van der Waals surface area contributed by atoms with E-state index < -0.39 is 0 Å². The highest BCUT2D eigenvalue weighted by Gasteiger charge is 2.06. The van der Waals surface area contributed by atoms with Crippen LogP contribution in [0.2, 0.25) is 0 Å². The van der Waals surface area contributed by atoms with Crippen molar-refractivity contribution in [2.24, 2.45) is 0 Å². The van der Waals surface area contributed by atoms with E-state index >= 15 is 0 Å². The van der Waals surface area contributed by atoms with E-state index in [1.54, 1.807) is 24.5 Å². The summed E-state index contributed by atoms with van der Waals surface area (Å²) in [5.41, 5.74) is 9.58. The van der Waals surface area contributed by atoms with Crippen LogP contribution in [0.3, 0.4) is 0 Å². The highest BCUT2D eigenvalue weighted by molar-refractivity contribution is 7.99. The molecule has 0 spiro atoms. The second-order valence-corrected chi connectivity index (χ2v) is 5.94. The number of benzene rings is 2. The molecule has 0 aliphatic heterocycles. The first-order valence-corrected chi connectivity index (χ1v) is 7.59. The van der Waals surface area contributed by atoms with Gasteiger partial charge in [0.15, 0.2) is 0 Å². The monoisotopic (exact) mass is 309 g/mol. The molecule has 0 amide bonds. The highest BCUT2D eigenvalue weighted by Crippen LogP contribution is 2.32. The summed E-state index contributed by atoms with van der Waals surface area (Å²) < 4.78 is 0. The number of hydrogen-bond acceptors (Lipinski definition) is 5. The standard InChI is InChI=1S/C17H15N3OS/c1-11-3-2-4-15(17(11)18)22-16-10-19-14(9-20-16)12-5-7-13(21)8-6-12/h2-10,21H,18H2,1H3. The van der Waals surface area contributed by atoms with Gasteiger partial charge < -0.3 is 10.8 Å². The Morgan fingerprint density at radius 2 is 1.77 bits per heavy atom. The Morgan fingerprint density at radius 1 is 1.00 bits per heavy atom. The number of nitrogens with two attached hydrogens (primary N) is 1. The topological polar surface area (TPSA) is 72.0 Å². The Balaban J connectivity index is 1.82. The lowest BCUT2D eigenvalue weighted by Gasteiger charge is -2.07. The first kappa shape index (κ1) is 14.4. The molecule has 2 aromatic carbocycles.